The molecular formula is C34H49N3O5. The minimum Gasteiger partial charge on any atom is -0.396 e. The first-order valence-corrected chi connectivity index (χ1v) is 15.5. The molecule has 2 bridgehead atoms. The lowest BCUT2D eigenvalue weighted by Crippen LogP contribution is -2.58. The van der Waals surface area contributed by atoms with Gasteiger partial charge in [-0.25, -0.2) is 0 Å². The van der Waals surface area contributed by atoms with Crippen LogP contribution in [0.15, 0.2) is 55.6 Å². The van der Waals surface area contributed by atoms with E-state index in [2.05, 4.69) is 20.1 Å². The van der Waals surface area contributed by atoms with Gasteiger partial charge in [0.2, 0.25) is 17.7 Å². The molecule has 0 aliphatic carbocycles. The van der Waals surface area contributed by atoms with E-state index in [0.29, 0.717) is 45.4 Å². The Morgan fingerprint density at radius 1 is 1.10 bits per heavy atom. The molecule has 0 radical (unpaired) electrons. The monoisotopic (exact) mass is 579 g/mol. The molecule has 6 atom stereocenters. The number of aliphatic hydroxyl groups is 1. The van der Waals surface area contributed by atoms with E-state index in [0.717, 1.165) is 18.4 Å². The number of unbranched alkanes of at least 4 members (excludes halogenated alkanes) is 3. The SMILES string of the molecule is C=CCN(Cc1ccccc1)C(=O)[C@@H]1[C@H]2C(=O)N(CCCCCCO)C(C(=O)N(CC=C)C(C)C)C23CC(C)[C@@]1(C)O3. The second kappa shape index (κ2) is 13.1. The van der Waals surface area contributed by atoms with Crippen LogP contribution in [-0.4, -0.2) is 87.1 Å². The molecule has 8 nitrogen and oxygen atoms in total. The fourth-order valence-electron chi connectivity index (χ4n) is 7.62. The summed E-state index contributed by atoms with van der Waals surface area (Å²) in [5.41, 5.74) is -0.952. The summed E-state index contributed by atoms with van der Waals surface area (Å²) in [6.07, 6.45) is 7.08. The maximum absolute atomic E-state index is 14.5. The van der Waals surface area contributed by atoms with Crippen molar-refractivity contribution in [2.24, 2.45) is 17.8 Å². The number of carbonyl (C=O) groups excluding carboxylic acids is 3. The first kappa shape index (κ1) is 32.0. The smallest absolute Gasteiger partial charge is 0.248 e. The molecule has 0 aromatic heterocycles. The summed E-state index contributed by atoms with van der Waals surface area (Å²) < 4.78 is 6.94. The molecule has 1 spiro atoms. The molecule has 1 aromatic carbocycles. The third-order valence-corrected chi connectivity index (χ3v) is 9.73. The number of amides is 3. The van der Waals surface area contributed by atoms with Gasteiger partial charge in [-0.05, 0) is 51.5 Å². The Kier molecular flexibility index (Phi) is 9.99. The summed E-state index contributed by atoms with van der Waals surface area (Å²) in [4.78, 5) is 48.7. The predicted octanol–water partition coefficient (Wildman–Crippen LogP) is 4.19. The highest BCUT2D eigenvalue weighted by molar-refractivity contribution is 5.99. The molecule has 42 heavy (non-hydrogen) atoms. The molecule has 1 aromatic rings. The van der Waals surface area contributed by atoms with Crippen molar-refractivity contribution in [2.45, 2.75) is 89.6 Å². The molecule has 230 valence electrons. The molecule has 3 heterocycles. The topological polar surface area (TPSA) is 90.4 Å². The van der Waals surface area contributed by atoms with Gasteiger partial charge in [-0.1, -0.05) is 62.2 Å². The Hall–Kier alpha value is -2.97. The largest absolute Gasteiger partial charge is 0.396 e. The summed E-state index contributed by atoms with van der Waals surface area (Å²) in [5, 5.41) is 9.20. The third-order valence-electron chi connectivity index (χ3n) is 9.73. The van der Waals surface area contributed by atoms with Crippen molar-refractivity contribution in [3.05, 3.63) is 61.2 Å². The van der Waals surface area contributed by atoms with Crippen molar-refractivity contribution in [1.29, 1.82) is 0 Å². The van der Waals surface area contributed by atoms with Crippen LogP contribution in [0.1, 0.15) is 65.4 Å². The highest BCUT2D eigenvalue weighted by Crippen LogP contribution is 2.65. The first-order valence-electron chi connectivity index (χ1n) is 15.5. The lowest BCUT2D eigenvalue weighted by molar-refractivity contribution is -0.155. The summed E-state index contributed by atoms with van der Waals surface area (Å²) in [7, 11) is 0. The van der Waals surface area contributed by atoms with Crippen LogP contribution >= 0.6 is 0 Å². The molecule has 8 heteroatoms. The van der Waals surface area contributed by atoms with E-state index in [-0.39, 0.29) is 36.3 Å². The number of likely N-dealkylation sites (tertiary alicyclic amines) is 1. The van der Waals surface area contributed by atoms with Crippen LogP contribution in [0.4, 0.5) is 0 Å². The number of ether oxygens (including phenoxy) is 1. The van der Waals surface area contributed by atoms with Crippen molar-refractivity contribution >= 4 is 17.7 Å². The maximum Gasteiger partial charge on any atom is 0.248 e. The van der Waals surface area contributed by atoms with Crippen LogP contribution in [-0.2, 0) is 25.7 Å². The van der Waals surface area contributed by atoms with Gasteiger partial charge in [0, 0.05) is 38.8 Å². The van der Waals surface area contributed by atoms with Crippen LogP contribution in [0.3, 0.4) is 0 Å². The molecule has 0 saturated carbocycles. The Bertz CT molecular complexity index is 1160. The quantitative estimate of drug-likeness (QED) is 0.249. The standard InChI is InChI=1S/C34H49N3O5/c1-7-18-35(23-26-16-12-11-13-17-26)30(39)27-28-31(40)37(20-14-9-10-15-21-38)29(32(41)36(19-8-2)24(3)4)34(28)22-25(5)33(27,6)42-34/h7-8,11-13,16-17,24-25,27-29,38H,1-2,9-10,14-15,18-23H2,3-6H3/t25?,27-,28-,29?,33+,34?/m0/s1. The fraction of sp³-hybridized carbons (Fsp3) is 0.618. The van der Waals surface area contributed by atoms with Gasteiger partial charge in [-0.3, -0.25) is 14.4 Å². The van der Waals surface area contributed by atoms with Gasteiger partial charge in [0.15, 0.2) is 0 Å². The normalized spacial score (nSPS) is 29.6. The van der Waals surface area contributed by atoms with Gasteiger partial charge in [0.25, 0.3) is 0 Å². The minimum atomic E-state index is -1.07. The van der Waals surface area contributed by atoms with Crippen molar-refractivity contribution in [3.63, 3.8) is 0 Å². The van der Waals surface area contributed by atoms with Crippen LogP contribution in [0.25, 0.3) is 0 Å². The van der Waals surface area contributed by atoms with Gasteiger partial charge in [-0.15, -0.1) is 13.2 Å². The molecule has 3 unspecified atom stereocenters. The molecule has 3 fully saturated rings. The zero-order valence-electron chi connectivity index (χ0n) is 25.8. The number of fused-ring (bicyclic) bond motifs is 1. The molecule has 3 aliphatic heterocycles. The average Bonchev–Trinajstić information content (AvgIpc) is 3.47. The van der Waals surface area contributed by atoms with E-state index in [4.69, 9.17) is 4.74 Å². The number of rotatable bonds is 15. The van der Waals surface area contributed by atoms with E-state index in [1.807, 2.05) is 51.1 Å². The number of benzene rings is 1. The maximum atomic E-state index is 14.5. The second-order valence-corrected chi connectivity index (χ2v) is 12.7. The lowest BCUT2D eigenvalue weighted by Gasteiger charge is -2.39. The van der Waals surface area contributed by atoms with Crippen LogP contribution in [0.2, 0.25) is 0 Å². The lowest BCUT2D eigenvalue weighted by atomic mass is 9.62. The minimum absolute atomic E-state index is 0.0236. The molecule has 1 N–H and O–H groups in total. The molecule has 4 rings (SSSR count). The Labute approximate surface area is 251 Å². The van der Waals surface area contributed by atoms with E-state index >= 15 is 0 Å². The van der Waals surface area contributed by atoms with Gasteiger partial charge >= 0.3 is 0 Å². The van der Waals surface area contributed by atoms with Crippen LogP contribution < -0.4 is 0 Å². The van der Waals surface area contributed by atoms with E-state index in [1.54, 1.807) is 26.9 Å². The van der Waals surface area contributed by atoms with Gasteiger partial charge < -0.3 is 24.5 Å². The zero-order valence-corrected chi connectivity index (χ0v) is 25.8. The van der Waals surface area contributed by atoms with Gasteiger partial charge in [0.1, 0.15) is 11.6 Å². The first-order chi connectivity index (χ1) is 20.1. The number of nitrogens with zero attached hydrogens (tertiary/aromatic N) is 3. The number of hydrogen-bond acceptors (Lipinski definition) is 5. The van der Waals surface area contributed by atoms with Crippen LogP contribution in [0, 0.1) is 17.8 Å². The van der Waals surface area contributed by atoms with Crippen LogP contribution in [0.5, 0.6) is 0 Å². The molecular weight excluding hydrogens is 530 g/mol. The van der Waals surface area contributed by atoms with E-state index < -0.39 is 29.1 Å². The molecule has 3 saturated heterocycles. The molecule has 3 amide bonds. The van der Waals surface area contributed by atoms with E-state index in [9.17, 15) is 19.5 Å². The fourth-order valence-corrected chi connectivity index (χ4v) is 7.62. The number of carbonyl (C=O) groups is 3. The van der Waals surface area contributed by atoms with Crippen molar-refractivity contribution in [3.8, 4) is 0 Å². The zero-order chi connectivity index (χ0) is 30.7. The van der Waals surface area contributed by atoms with Crippen molar-refractivity contribution in [1.82, 2.24) is 14.7 Å². The highest BCUT2D eigenvalue weighted by atomic mass is 16.5. The second-order valence-electron chi connectivity index (χ2n) is 12.7. The predicted molar refractivity (Wildman–Crippen MR) is 163 cm³/mol. The summed E-state index contributed by atoms with van der Waals surface area (Å²) in [6.45, 7) is 17.4. The van der Waals surface area contributed by atoms with Crippen molar-refractivity contribution in [2.75, 3.05) is 26.2 Å². The van der Waals surface area contributed by atoms with Gasteiger partial charge in [-0.2, -0.15) is 0 Å². The van der Waals surface area contributed by atoms with Gasteiger partial charge in [0.05, 0.1) is 17.4 Å². The molecule has 3 aliphatic rings. The third kappa shape index (κ3) is 5.55. The number of aliphatic hydroxyl groups excluding tert-OH is 1. The Morgan fingerprint density at radius 3 is 2.38 bits per heavy atom. The summed E-state index contributed by atoms with van der Waals surface area (Å²) in [5.74, 6) is -1.91. The number of hydrogen-bond donors (Lipinski definition) is 1. The summed E-state index contributed by atoms with van der Waals surface area (Å²) >= 11 is 0. The highest BCUT2D eigenvalue weighted by Gasteiger charge is 2.80. The van der Waals surface area contributed by atoms with Crippen molar-refractivity contribution < 1.29 is 24.2 Å². The Balaban J connectivity index is 1.74. The Morgan fingerprint density at radius 2 is 1.76 bits per heavy atom. The van der Waals surface area contributed by atoms with E-state index in [1.165, 1.54) is 0 Å². The average molecular weight is 580 g/mol. The summed E-state index contributed by atoms with van der Waals surface area (Å²) in [6, 6.07) is 8.91.